The minimum absolute atomic E-state index is 0.0167. The molecule has 0 unspecified atom stereocenters. The van der Waals surface area contributed by atoms with Gasteiger partial charge in [0, 0.05) is 37.0 Å². The number of aromatic nitrogens is 1. The van der Waals surface area contributed by atoms with Crippen molar-refractivity contribution in [2.45, 2.75) is 31.7 Å². The van der Waals surface area contributed by atoms with Crippen LogP contribution in [0.1, 0.15) is 35.2 Å². The number of hydrogen-bond acceptors (Lipinski definition) is 5. The van der Waals surface area contributed by atoms with Crippen LogP contribution >= 0.6 is 0 Å². The van der Waals surface area contributed by atoms with Crippen LogP contribution in [0.2, 0.25) is 0 Å². The number of likely N-dealkylation sites (tertiary alicyclic amines) is 1. The Kier molecular flexibility index (Phi) is 7.14. The predicted molar refractivity (Wildman–Crippen MR) is 116 cm³/mol. The fourth-order valence-corrected chi connectivity index (χ4v) is 4.11. The van der Waals surface area contributed by atoms with E-state index in [-0.39, 0.29) is 30.4 Å². The SMILES string of the molecule is O=C(N[C@@H]1COC[C@H]1Cc1ccncc1)c1ccc(OCC(=O)N2CCCCC2)cc1. The van der Waals surface area contributed by atoms with Crippen LogP contribution in [0.5, 0.6) is 5.75 Å². The number of carbonyl (C=O) groups excluding carboxylic acids is 2. The molecule has 3 heterocycles. The number of rotatable bonds is 7. The van der Waals surface area contributed by atoms with E-state index < -0.39 is 0 Å². The van der Waals surface area contributed by atoms with Gasteiger partial charge < -0.3 is 19.7 Å². The summed E-state index contributed by atoms with van der Waals surface area (Å²) in [4.78, 5) is 30.8. The highest BCUT2D eigenvalue weighted by Gasteiger charge is 2.30. The highest BCUT2D eigenvalue weighted by Crippen LogP contribution is 2.20. The van der Waals surface area contributed by atoms with Crippen molar-refractivity contribution >= 4 is 11.8 Å². The van der Waals surface area contributed by atoms with E-state index in [0.717, 1.165) is 32.4 Å². The van der Waals surface area contributed by atoms with Gasteiger partial charge in [-0.3, -0.25) is 14.6 Å². The lowest BCUT2D eigenvalue weighted by Gasteiger charge is -2.26. The van der Waals surface area contributed by atoms with Crippen LogP contribution in [0.15, 0.2) is 48.8 Å². The first-order valence-electron chi connectivity index (χ1n) is 11.0. The van der Waals surface area contributed by atoms with Crippen molar-refractivity contribution in [2.24, 2.45) is 5.92 Å². The summed E-state index contributed by atoms with van der Waals surface area (Å²) >= 11 is 0. The number of pyridine rings is 1. The Morgan fingerprint density at radius 3 is 2.52 bits per heavy atom. The number of nitrogens with zero attached hydrogens (tertiary/aromatic N) is 2. The largest absolute Gasteiger partial charge is 0.484 e. The van der Waals surface area contributed by atoms with E-state index in [4.69, 9.17) is 9.47 Å². The van der Waals surface area contributed by atoms with Gasteiger partial charge >= 0.3 is 0 Å². The van der Waals surface area contributed by atoms with Gasteiger partial charge in [-0.1, -0.05) is 0 Å². The smallest absolute Gasteiger partial charge is 0.260 e. The Labute approximate surface area is 182 Å². The van der Waals surface area contributed by atoms with Crippen molar-refractivity contribution in [1.82, 2.24) is 15.2 Å². The first-order valence-corrected chi connectivity index (χ1v) is 11.0. The van der Waals surface area contributed by atoms with Gasteiger partial charge in [-0.15, -0.1) is 0 Å². The number of amides is 2. The van der Waals surface area contributed by atoms with Crippen LogP contribution in [0.4, 0.5) is 0 Å². The highest BCUT2D eigenvalue weighted by atomic mass is 16.5. The summed E-state index contributed by atoms with van der Waals surface area (Å²) in [5, 5.41) is 3.10. The maximum atomic E-state index is 12.7. The van der Waals surface area contributed by atoms with Crippen molar-refractivity contribution in [1.29, 1.82) is 0 Å². The van der Waals surface area contributed by atoms with E-state index in [1.54, 1.807) is 36.7 Å². The number of carbonyl (C=O) groups is 2. The van der Waals surface area contributed by atoms with Crippen LogP contribution in [-0.2, 0) is 16.0 Å². The average Bonchev–Trinajstić information content (AvgIpc) is 3.25. The Morgan fingerprint density at radius 1 is 1.03 bits per heavy atom. The van der Waals surface area contributed by atoms with Gasteiger partial charge in [0.2, 0.25) is 0 Å². The molecule has 2 aromatic rings. The highest BCUT2D eigenvalue weighted by molar-refractivity contribution is 5.94. The van der Waals surface area contributed by atoms with Gasteiger partial charge in [-0.2, -0.15) is 0 Å². The second-order valence-corrected chi connectivity index (χ2v) is 8.19. The van der Waals surface area contributed by atoms with Crippen molar-refractivity contribution < 1.29 is 19.1 Å². The first-order chi connectivity index (χ1) is 15.2. The third kappa shape index (κ3) is 5.82. The molecule has 0 bridgehead atoms. The average molecular weight is 424 g/mol. The summed E-state index contributed by atoms with van der Waals surface area (Å²) in [6.07, 6.45) is 7.71. The lowest BCUT2D eigenvalue weighted by Crippen LogP contribution is -2.40. The Bertz CT molecular complexity index is 866. The second kappa shape index (κ2) is 10.4. The molecule has 2 aliphatic heterocycles. The number of hydrogen-bond donors (Lipinski definition) is 1. The van der Waals surface area contributed by atoms with Gasteiger partial charge in [0.15, 0.2) is 6.61 Å². The number of piperidine rings is 1. The minimum Gasteiger partial charge on any atom is -0.484 e. The van der Waals surface area contributed by atoms with E-state index in [2.05, 4.69) is 10.3 Å². The van der Waals surface area contributed by atoms with Crippen LogP contribution < -0.4 is 10.1 Å². The van der Waals surface area contributed by atoms with Crippen molar-refractivity contribution in [3.05, 3.63) is 59.9 Å². The lowest BCUT2D eigenvalue weighted by molar-refractivity contribution is -0.134. The quantitative estimate of drug-likeness (QED) is 0.740. The normalized spacial score (nSPS) is 21.0. The Balaban J connectivity index is 1.27. The molecule has 31 heavy (non-hydrogen) atoms. The summed E-state index contributed by atoms with van der Waals surface area (Å²) in [5.74, 6) is 0.700. The zero-order chi connectivity index (χ0) is 21.5. The molecule has 2 fully saturated rings. The first kappa shape index (κ1) is 21.3. The second-order valence-electron chi connectivity index (χ2n) is 8.19. The molecule has 1 aromatic heterocycles. The van der Waals surface area contributed by atoms with Crippen LogP contribution in [-0.4, -0.2) is 60.7 Å². The van der Waals surface area contributed by atoms with Gasteiger partial charge in [-0.25, -0.2) is 0 Å². The van der Waals surface area contributed by atoms with Gasteiger partial charge in [0.05, 0.1) is 19.3 Å². The number of nitrogens with one attached hydrogen (secondary N) is 1. The molecule has 4 rings (SSSR count). The van der Waals surface area contributed by atoms with E-state index in [0.29, 0.717) is 24.5 Å². The molecular weight excluding hydrogens is 394 g/mol. The fourth-order valence-electron chi connectivity index (χ4n) is 4.11. The van der Waals surface area contributed by atoms with Gasteiger partial charge in [0.1, 0.15) is 5.75 Å². The summed E-state index contributed by atoms with van der Waals surface area (Å²) in [6.45, 7) is 2.80. The summed E-state index contributed by atoms with van der Waals surface area (Å²) < 4.78 is 11.2. The monoisotopic (exact) mass is 423 g/mol. The van der Waals surface area contributed by atoms with E-state index in [1.807, 2.05) is 17.0 Å². The molecular formula is C24H29N3O4. The van der Waals surface area contributed by atoms with E-state index in [1.165, 1.54) is 12.0 Å². The molecule has 7 nitrogen and oxygen atoms in total. The van der Waals surface area contributed by atoms with E-state index >= 15 is 0 Å². The zero-order valence-electron chi connectivity index (χ0n) is 17.7. The molecule has 0 aliphatic carbocycles. The van der Waals surface area contributed by atoms with Gasteiger partial charge in [0.25, 0.3) is 11.8 Å². The Morgan fingerprint density at radius 2 is 1.77 bits per heavy atom. The van der Waals surface area contributed by atoms with Crippen LogP contribution in [0.25, 0.3) is 0 Å². The number of benzene rings is 1. The molecule has 2 aliphatic rings. The van der Waals surface area contributed by atoms with Crippen molar-refractivity contribution in [3.63, 3.8) is 0 Å². The van der Waals surface area contributed by atoms with Gasteiger partial charge in [-0.05, 0) is 67.6 Å². The van der Waals surface area contributed by atoms with Crippen molar-refractivity contribution in [2.75, 3.05) is 32.9 Å². The summed E-state index contributed by atoms with van der Waals surface area (Å²) in [7, 11) is 0. The van der Waals surface area contributed by atoms with Crippen molar-refractivity contribution in [3.8, 4) is 5.75 Å². The van der Waals surface area contributed by atoms with E-state index in [9.17, 15) is 9.59 Å². The molecule has 2 saturated heterocycles. The molecule has 7 heteroatoms. The molecule has 1 N–H and O–H groups in total. The lowest BCUT2D eigenvalue weighted by atomic mass is 9.95. The van der Waals surface area contributed by atoms with Crippen LogP contribution in [0.3, 0.4) is 0 Å². The molecule has 164 valence electrons. The Hall–Kier alpha value is -2.93. The zero-order valence-corrected chi connectivity index (χ0v) is 17.7. The molecule has 0 radical (unpaired) electrons. The maximum Gasteiger partial charge on any atom is 0.260 e. The van der Waals surface area contributed by atoms with Crippen LogP contribution in [0, 0.1) is 5.92 Å². The maximum absolute atomic E-state index is 12.7. The molecule has 1 aromatic carbocycles. The summed E-state index contributed by atoms with van der Waals surface area (Å²) in [6, 6.07) is 10.9. The standard InChI is InChI=1S/C24H29N3O4/c28-23(27-12-2-1-3-13-27)17-31-21-6-4-19(5-7-21)24(29)26-22-16-30-15-20(22)14-18-8-10-25-11-9-18/h4-11,20,22H,1-3,12-17H2,(H,26,29)/t20-,22-/m1/s1. The topological polar surface area (TPSA) is 80.8 Å². The molecule has 0 spiro atoms. The molecule has 2 amide bonds. The third-order valence-corrected chi connectivity index (χ3v) is 5.95. The third-order valence-electron chi connectivity index (χ3n) is 5.95. The minimum atomic E-state index is -0.133. The molecule has 2 atom stereocenters. The molecule has 0 saturated carbocycles. The fraction of sp³-hybridized carbons (Fsp3) is 0.458. The predicted octanol–water partition coefficient (Wildman–Crippen LogP) is 2.46. The summed E-state index contributed by atoms with van der Waals surface area (Å²) in [5.41, 5.74) is 1.75. The number of ether oxygens (including phenoxy) is 2.